The monoisotopic (exact) mass is 359 g/mol. The fourth-order valence-electron chi connectivity index (χ4n) is 2.27. The maximum atomic E-state index is 11.2. The van der Waals surface area contributed by atoms with Crippen molar-refractivity contribution in [2.45, 2.75) is 58.4 Å². The molecule has 1 rings (SSSR count). The topological polar surface area (TPSA) is 50.2 Å². The zero-order valence-electron chi connectivity index (χ0n) is 15.7. The minimum atomic E-state index is -0.926. The lowest BCUT2D eigenvalue weighted by atomic mass is 10.1. The van der Waals surface area contributed by atoms with E-state index in [1.54, 1.807) is 18.3 Å². The van der Waals surface area contributed by atoms with Crippen LogP contribution in [0.25, 0.3) is 0 Å². The van der Waals surface area contributed by atoms with Gasteiger partial charge in [0.25, 0.3) is 0 Å². The van der Waals surface area contributed by atoms with E-state index in [4.69, 9.17) is 5.11 Å². The lowest BCUT2D eigenvalue weighted by molar-refractivity contribution is 0.0692. The number of thioether (sulfide) groups is 1. The maximum Gasteiger partial charge on any atom is 0.338 e. The van der Waals surface area contributed by atoms with Gasteiger partial charge in [-0.3, -0.25) is 0 Å². The smallest absolute Gasteiger partial charge is 0.338 e. The third kappa shape index (κ3) is 9.30. The van der Waals surface area contributed by atoms with Gasteiger partial charge < -0.3 is 5.11 Å². The number of carboxylic acid groups (broad SMARTS) is 1. The zero-order chi connectivity index (χ0) is 18.7. The van der Waals surface area contributed by atoms with E-state index < -0.39 is 5.97 Å². The van der Waals surface area contributed by atoms with E-state index in [1.807, 2.05) is 0 Å². The molecule has 0 aromatic carbocycles. The van der Waals surface area contributed by atoms with Crippen molar-refractivity contribution < 1.29 is 9.90 Å². The number of rotatable bonds is 10. The Morgan fingerprint density at radius 3 is 2.36 bits per heavy atom. The average Bonchev–Trinajstić information content (AvgIpc) is 2.54. The summed E-state index contributed by atoms with van der Waals surface area (Å²) in [5.74, 6) is -0.183. The lowest BCUT2D eigenvalue weighted by Crippen LogP contribution is -2.00. The van der Waals surface area contributed by atoms with Gasteiger partial charge in [0.15, 0.2) is 0 Å². The van der Waals surface area contributed by atoms with Gasteiger partial charge in [-0.1, -0.05) is 34.9 Å². The second-order valence-corrected chi connectivity index (χ2v) is 7.44. The van der Waals surface area contributed by atoms with Gasteiger partial charge in [-0.2, -0.15) is 0 Å². The van der Waals surface area contributed by atoms with E-state index in [1.165, 1.54) is 28.5 Å². The summed E-state index contributed by atoms with van der Waals surface area (Å²) < 4.78 is 0. The number of hydrogen-bond donors (Lipinski definition) is 1. The lowest BCUT2D eigenvalue weighted by Gasteiger charge is -2.04. The first-order chi connectivity index (χ1) is 11.9. The molecular weight excluding hydrogens is 330 g/mol. The number of carbonyl (C=O) groups is 1. The van der Waals surface area contributed by atoms with Crippen molar-refractivity contribution in [2.24, 2.45) is 0 Å². The summed E-state index contributed by atoms with van der Waals surface area (Å²) in [5, 5.41) is 9.73. The van der Waals surface area contributed by atoms with Crippen molar-refractivity contribution in [3.8, 4) is 0 Å². The predicted octanol–water partition coefficient (Wildman–Crippen LogP) is 6.29. The maximum absolute atomic E-state index is 11.2. The van der Waals surface area contributed by atoms with Crippen LogP contribution in [0.15, 0.2) is 58.3 Å². The molecule has 1 N–H and O–H groups in total. The Bertz CT molecular complexity index is 656. The molecule has 0 aliphatic heterocycles. The Kier molecular flexibility index (Phi) is 9.93. The van der Waals surface area contributed by atoms with E-state index in [0.717, 1.165) is 31.4 Å². The van der Waals surface area contributed by atoms with E-state index in [0.29, 0.717) is 5.03 Å². The highest BCUT2D eigenvalue weighted by molar-refractivity contribution is 7.99. The molecule has 1 heterocycles. The number of allylic oxidation sites excluding steroid dienone is 5. The van der Waals surface area contributed by atoms with Crippen molar-refractivity contribution in [3.05, 3.63) is 58.8 Å². The van der Waals surface area contributed by atoms with Crippen LogP contribution < -0.4 is 0 Å². The molecule has 4 heteroatoms. The van der Waals surface area contributed by atoms with Crippen molar-refractivity contribution in [1.82, 2.24) is 4.98 Å². The van der Waals surface area contributed by atoms with Gasteiger partial charge >= 0.3 is 5.97 Å². The Morgan fingerprint density at radius 2 is 1.72 bits per heavy atom. The van der Waals surface area contributed by atoms with Crippen molar-refractivity contribution in [3.63, 3.8) is 0 Å². The van der Waals surface area contributed by atoms with Crippen LogP contribution in [0, 0.1) is 0 Å². The minimum Gasteiger partial charge on any atom is -0.478 e. The Morgan fingerprint density at radius 1 is 1.08 bits per heavy atom. The normalized spacial score (nSPS) is 12.2. The van der Waals surface area contributed by atoms with E-state index >= 15 is 0 Å². The molecule has 1 aromatic rings. The second kappa shape index (κ2) is 11.7. The number of aromatic nitrogens is 1. The fraction of sp³-hybridized carbons (Fsp3) is 0.429. The van der Waals surface area contributed by atoms with Crippen LogP contribution in [0.2, 0.25) is 0 Å². The van der Waals surface area contributed by atoms with E-state index in [-0.39, 0.29) is 5.56 Å². The third-order valence-corrected chi connectivity index (χ3v) is 4.71. The van der Waals surface area contributed by atoms with Gasteiger partial charge in [0, 0.05) is 11.9 Å². The number of aromatic carboxylic acids is 1. The standard InChI is InChI=1S/C21H29NO2S/c1-16(2)8-5-9-17(3)10-6-11-18(4)13-15-25-20-19(21(23)24)12-7-14-22-20/h7-8,10,12-14H,5-6,9,11,15H2,1-4H3,(H,23,24)/b17-10-,18-13-. The highest BCUT2D eigenvalue weighted by atomic mass is 32.2. The summed E-state index contributed by atoms with van der Waals surface area (Å²) in [7, 11) is 0. The highest BCUT2D eigenvalue weighted by Crippen LogP contribution is 2.21. The molecule has 0 atom stereocenters. The number of carboxylic acids is 1. The molecule has 0 amide bonds. The summed E-state index contributed by atoms with van der Waals surface area (Å²) >= 11 is 1.47. The van der Waals surface area contributed by atoms with Crippen LogP contribution in [-0.4, -0.2) is 21.8 Å². The largest absolute Gasteiger partial charge is 0.478 e. The molecule has 3 nitrogen and oxygen atoms in total. The number of pyridine rings is 1. The van der Waals surface area contributed by atoms with E-state index in [9.17, 15) is 4.79 Å². The molecule has 0 bridgehead atoms. The molecule has 25 heavy (non-hydrogen) atoms. The van der Waals surface area contributed by atoms with Crippen LogP contribution >= 0.6 is 11.8 Å². The molecule has 0 radical (unpaired) electrons. The van der Waals surface area contributed by atoms with Gasteiger partial charge in [0.2, 0.25) is 0 Å². The Labute approximate surface area is 156 Å². The van der Waals surface area contributed by atoms with Crippen LogP contribution in [0.3, 0.4) is 0 Å². The molecule has 0 aliphatic rings. The average molecular weight is 360 g/mol. The SMILES string of the molecule is CC(C)=CCC/C(C)=C\CC/C(C)=C\CSc1ncccc1C(=O)O. The van der Waals surface area contributed by atoms with Crippen LogP contribution in [0.4, 0.5) is 0 Å². The first kappa shape index (κ1) is 21.2. The van der Waals surface area contributed by atoms with Crippen molar-refractivity contribution in [2.75, 3.05) is 5.75 Å². The van der Waals surface area contributed by atoms with Gasteiger partial charge in [-0.25, -0.2) is 9.78 Å². The summed E-state index contributed by atoms with van der Waals surface area (Å²) in [5.41, 5.74) is 4.42. The summed E-state index contributed by atoms with van der Waals surface area (Å²) in [6.07, 6.45) is 12.7. The minimum absolute atomic E-state index is 0.272. The quantitative estimate of drug-likeness (QED) is 0.394. The van der Waals surface area contributed by atoms with Crippen molar-refractivity contribution in [1.29, 1.82) is 0 Å². The van der Waals surface area contributed by atoms with Crippen LogP contribution in [-0.2, 0) is 0 Å². The van der Waals surface area contributed by atoms with Gasteiger partial charge in [-0.05, 0) is 65.5 Å². The summed E-state index contributed by atoms with van der Waals surface area (Å²) in [6, 6.07) is 3.25. The molecule has 136 valence electrons. The van der Waals surface area contributed by atoms with Crippen molar-refractivity contribution >= 4 is 17.7 Å². The molecule has 0 saturated carbocycles. The summed E-state index contributed by atoms with van der Waals surface area (Å²) in [4.78, 5) is 15.3. The van der Waals surface area contributed by atoms with E-state index in [2.05, 4.69) is 50.9 Å². The van der Waals surface area contributed by atoms with Gasteiger partial charge in [0.1, 0.15) is 5.03 Å². The number of nitrogens with zero attached hydrogens (tertiary/aromatic N) is 1. The molecule has 0 unspecified atom stereocenters. The number of hydrogen-bond acceptors (Lipinski definition) is 3. The second-order valence-electron chi connectivity index (χ2n) is 6.43. The van der Waals surface area contributed by atoms with Crippen LogP contribution in [0.5, 0.6) is 0 Å². The molecule has 0 aliphatic carbocycles. The molecule has 1 aromatic heterocycles. The van der Waals surface area contributed by atoms with Gasteiger partial charge in [0.05, 0.1) is 5.56 Å². The molecule has 0 spiro atoms. The first-order valence-corrected chi connectivity index (χ1v) is 9.64. The Hall–Kier alpha value is -1.81. The summed E-state index contributed by atoms with van der Waals surface area (Å²) in [6.45, 7) is 8.59. The molecular formula is C21H29NO2S. The fourth-order valence-corrected chi connectivity index (χ4v) is 3.24. The first-order valence-electron chi connectivity index (χ1n) is 8.66. The van der Waals surface area contributed by atoms with Crippen LogP contribution in [0.1, 0.15) is 63.7 Å². The highest BCUT2D eigenvalue weighted by Gasteiger charge is 2.09. The zero-order valence-corrected chi connectivity index (χ0v) is 16.5. The Balaban J connectivity index is 2.39. The predicted molar refractivity (Wildman–Crippen MR) is 107 cm³/mol. The molecule has 0 fully saturated rings. The molecule has 0 saturated heterocycles. The third-order valence-electron chi connectivity index (χ3n) is 3.78. The van der Waals surface area contributed by atoms with Gasteiger partial charge in [-0.15, -0.1) is 11.8 Å².